The van der Waals surface area contributed by atoms with Gasteiger partial charge in [0, 0.05) is 37.4 Å². The Morgan fingerprint density at radius 2 is 1.85 bits per heavy atom. The Balaban J connectivity index is 1.59. The third-order valence-electron chi connectivity index (χ3n) is 5.78. The number of rotatable bonds is 3. The van der Waals surface area contributed by atoms with Gasteiger partial charge in [-0.15, -0.1) is 10.2 Å². The number of tetrazole rings is 1. The summed E-state index contributed by atoms with van der Waals surface area (Å²) in [4.78, 5) is 22.3. The molecule has 33 heavy (non-hydrogen) atoms. The maximum Gasteiger partial charge on any atom is 0.333 e. The predicted octanol–water partition coefficient (Wildman–Crippen LogP) is 2.16. The van der Waals surface area contributed by atoms with Crippen LogP contribution in [-0.2, 0) is 14.1 Å². The van der Waals surface area contributed by atoms with E-state index in [4.69, 9.17) is 0 Å². The average Bonchev–Trinajstić information content (AvgIpc) is 3.53. The number of pyridine rings is 2. The van der Waals surface area contributed by atoms with E-state index in [0.29, 0.717) is 11.5 Å². The number of hydrogen-bond donors (Lipinski definition) is 1. The highest BCUT2D eigenvalue weighted by molar-refractivity contribution is 6.04. The second kappa shape index (κ2) is 6.92. The minimum absolute atomic E-state index is 0.146. The maximum absolute atomic E-state index is 13.2. The zero-order valence-electron chi connectivity index (χ0n) is 18.1. The van der Waals surface area contributed by atoms with Gasteiger partial charge < -0.3 is 0 Å². The lowest BCUT2D eigenvalue weighted by Crippen LogP contribution is -2.21. The zero-order chi connectivity index (χ0) is 22.7. The van der Waals surface area contributed by atoms with Gasteiger partial charge in [-0.3, -0.25) is 23.8 Å². The minimum Gasteiger partial charge on any atom is -0.293 e. The fourth-order valence-corrected chi connectivity index (χ4v) is 4.17. The second-order valence-electron chi connectivity index (χ2n) is 7.84. The molecule has 0 fully saturated rings. The molecule has 1 N–H and O–H groups in total. The van der Waals surface area contributed by atoms with Crippen LogP contribution in [0.4, 0.5) is 0 Å². The number of hydrogen-bond acceptors (Lipinski definition) is 7. The van der Waals surface area contributed by atoms with Crippen LogP contribution >= 0.6 is 0 Å². The van der Waals surface area contributed by atoms with Crippen LogP contribution in [0.25, 0.3) is 50.3 Å². The fraction of sp³-hybridized carbons (Fsp3) is 0.136. The summed E-state index contributed by atoms with van der Waals surface area (Å²) in [5.41, 5.74) is 6.21. The van der Waals surface area contributed by atoms with Crippen molar-refractivity contribution in [3.63, 3.8) is 0 Å². The van der Waals surface area contributed by atoms with Crippen molar-refractivity contribution >= 4 is 21.9 Å². The molecule has 0 saturated heterocycles. The van der Waals surface area contributed by atoms with Crippen LogP contribution in [-0.4, -0.2) is 49.5 Å². The molecule has 0 bridgehead atoms. The van der Waals surface area contributed by atoms with Crippen molar-refractivity contribution in [2.24, 2.45) is 14.1 Å². The first-order valence-corrected chi connectivity index (χ1v) is 10.2. The third kappa shape index (κ3) is 2.86. The molecule has 0 atom stereocenters. The molecule has 6 aromatic rings. The van der Waals surface area contributed by atoms with Gasteiger partial charge in [0.2, 0.25) is 5.82 Å². The predicted molar refractivity (Wildman–Crippen MR) is 122 cm³/mol. The summed E-state index contributed by atoms with van der Waals surface area (Å²) in [6.07, 6.45) is 5.36. The van der Waals surface area contributed by atoms with E-state index in [2.05, 4.69) is 35.7 Å². The molecule has 0 unspecified atom stereocenters. The normalized spacial score (nSPS) is 11.6. The molecule has 0 aliphatic rings. The summed E-state index contributed by atoms with van der Waals surface area (Å²) in [7, 11) is 3.60. The van der Waals surface area contributed by atoms with Gasteiger partial charge in [-0.2, -0.15) is 10.3 Å². The first kappa shape index (κ1) is 19.0. The number of aromatic amines is 1. The van der Waals surface area contributed by atoms with E-state index in [1.807, 2.05) is 50.5 Å². The van der Waals surface area contributed by atoms with Crippen LogP contribution in [0.2, 0.25) is 0 Å². The molecule has 5 heterocycles. The van der Waals surface area contributed by atoms with Crippen molar-refractivity contribution in [1.82, 2.24) is 49.5 Å². The maximum atomic E-state index is 13.2. The summed E-state index contributed by atoms with van der Waals surface area (Å²) in [6, 6.07) is 9.79. The summed E-state index contributed by atoms with van der Waals surface area (Å²) in [6.45, 7) is 1.90. The smallest absolute Gasteiger partial charge is 0.293 e. The van der Waals surface area contributed by atoms with Crippen LogP contribution in [0.15, 0.2) is 53.7 Å². The Morgan fingerprint density at radius 3 is 2.55 bits per heavy atom. The van der Waals surface area contributed by atoms with E-state index in [1.54, 1.807) is 33.3 Å². The lowest BCUT2D eigenvalue weighted by atomic mass is 10.0. The second-order valence-corrected chi connectivity index (χ2v) is 7.84. The highest BCUT2D eigenvalue weighted by Crippen LogP contribution is 2.30. The molecule has 6 rings (SSSR count). The standard InChI is InChI=1S/C22H18N10O/c1-12-19(11-30(2)27-12)32-20-15-8-13(4-6-16(15)24-10-18(20)31(3)22(32)33)14-5-7-17(23-9-14)21-25-28-29-26-21/h4-11H,1-3H3,(H,25,26,28,29). The zero-order valence-corrected chi connectivity index (χ0v) is 18.1. The largest absolute Gasteiger partial charge is 0.333 e. The summed E-state index contributed by atoms with van der Waals surface area (Å²) < 4.78 is 5.03. The summed E-state index contributed by atoms with van der Waals surface area (Å²) in [5.74, 6) is 0.436. The van der Waals surface area contributed by atoms with Gasteiger partial charge in [-0.05, 0) is 35.9 Å². The quantitative estimate of drug-likeness (QED) is 0.449. The van der Waals surface area contributed by atoms with Crippen molar-refractivity contribution < 1.29 is 0 Å². The topological polar surface area (TPSA) is 125 Å². The van der Waals surface area contributed by atoms with E-state index >= 15 is 0 Å². The van der Waals surface area contributed by atoms with E-state index < -0.39 is 0 Å². The Labute approximate surface area is 186 Å². The van der Waals surface area contributed by atoms with Crippen molar-refractivity contribution in [2.75, 3.05) is 0 Å². The molecule has 162 valence electrons. The number of imidazole rings is 1. The van der Waals surface area contributed by atoms with Gasteiger partial charge >= 0.3 is 5.69 Å². The lowest BCUT2D eigenvalue weighted by molar-refractivity contribution is 0.756. The molecular formula is C22H18N10O. The van der Waals surface area contributed by atoms with Crippen molar-refractivity contribution in [2.45, 2.75) is 6.92 Å². The lowest BCUT2D eigenvalue weighted by Gasteiger charge is -2.08. The van der Waals surface area contributed by atoms with Crippen LogP contribution in [0.1, 0.15) is 5.69 Å². The van der Waals surface area contributed by atoms with E-state index in [0.717, 1.165) is 44.4 Å². The number of nitrogens with one attached hydrogen (secondary N) is 1. The van der Waals surface area contributed by atoms with Crippen LogP contribution in [0, 0.1) is 6.92 Å². The van der Waals surface area contributed by atoms with E-state index in [9.17, 15) is 4.79 Å². The fourth-order valence-electron chi connectivity index (χ4n) is 4.17. The molecule has 0 radical (unpaired) electrons. The molecule has 0 aliphatic heterocycles. The van der Waals surface area contributed by atoms with Gasteiger partial charge in [0.25, 0.3) is 0 Å². The Bertz CT molecular complexity index is 1700. The number of H-pyrrole nitrogens is 1. The molecule has 0 amide bonds. The SMILES string of the molecule is Cc1nn(C)cc1-n1c(=O)n(C)c2cnc3ccc(-c4ccc(-c5nn[nH]n5)nc4)cc3c21. The molecule has 11 heteroatoms. The summed E-state index contributed by atoms with van der Waals surface area (Å²) >= 11 is 0. The molecule has 5 aromatic heterocycles. The van der Waals surface area contributed by atoms with Crippen LogP contribution in [0.5, 0.6) is 0 Å². The van der Waals surface area contributed by atoms with Gasteiger partial charge in [-0.25, -0.2) is 4.79 Å². The number of benzene rings is 1. The molecule has 1 aromatic carbocycles. The van der Waals surface area contributed by atoms with Crippen molar-refractivity contribution in [3.05, 3.63) is 65.1 Å². The van der Waals surface area contributed by atoms with Crippen LogP contribution < -0.4 is 5.69 Å². The average molecular weight is 438 g/mol. The summed E-state index contributed by atoms with van der Waals surface area (Å²) in [5, 5.41) is 19.2. The first-order chi connectivity index (χ1) is 16.0. The van der Waals surface area contributed by atoms with Gasteiger partial charge in [-0.1, -0.05) is 12.1 Å². The number of fused-ring (bicyclic) bond motifs is 3. The molecular weight excluding hydrogens is 420 g/mol. The number of aryl methyl sites for hydroxylation is 3. The molecule has 0 spiro atoms. The van der Waals surface area contributed by atoms with Gasteiger partial charge in [0.1, 0.15) is 5.69 Å². The van der Waals surface area contributed by atoms with Gasteiger partial charge in [0.15, 0.2) is 0 Å². The highest BCUT2D eigenvalue weighted by atomic mass is 16.1. The third-order valence-corrected chi connectivity index (χ3v) is 5.78. The van der Waals surface area contributed by atoms with Gasteiger partial charge in [0.05, 0.1) is 34.1 Å². The monoisotopic (exact) mass is 438 g/mol. The molecule has 11 nitrogen and oxygen atoms in total. The Hall–Kier alpha value is -4.67. The van der Waals surface area contributed by atoms with Crippen LogP contribution in [0.3, 0.4) is 0 Å². The Morgan fingerprint density at radius 1 is 1.00 bits per heavy atom. The molecule has 0 aliphatic carbocycles. The Kier molecular flexibility index (Phi) is 3.99. The number of nitrogens with zero attached hydrogens (tertiary/aromatic N) is 9. The van der Waals surface area contributed by atoms with Crippen molar-refractivity contribution in [3.8, 4) is 28.3 Å². The highest BCUT2D eigenvalue weighted by Gasteiger charge is 2.19. The van der Waals surface area contributed by atoms with Crippen molar-refractivity contribution in [1.29, 1.82) is 0 Å². The van der Waals surface area contributed by atoms with E-state index in [-0.39, 0.29) is 5.69 Å². The first-order valence-electron chi connectivity index (χ1n) is 10.2. The molecule has 0 saturated carbocycles. The number of aromatic nitrogens is 10. The minimum atomic E-state index is -0.146. The van der Waals surface area contributed by atoms with E-state index in [1.165, 1.54) is 0 Å².